The van der Waals surface area contributed by atoms with Crippen LogP contribution >= 0.6 is 11.6 Å². The zero-order valence-electron chi connectivity index (χ0n) is 10.5. The summed E-state index contributed by atoms with van der Waals surface area (Å²) in [4.78, 5) is 0. The van der Waals surface area contributed by atoms with Gasteiger partial charge in [0.05, 0.1) is 12.1 Å². The molecule has 106 valence electrons. The van der Waals surface area contributed by atoms with Crippen LogP contribution in [0, 0.1) is 28.1 Å². The quantitative estimate of drug-likeness (QED) is 0.794. The number of halogens is 4. The monoisotopic (exact) mass is 300 g/mol. The molecule has 0 atom stereocenters. The molecule has 0 aromatic heterocycles. The molecule has 0 N–H and O–H groups in total. The van der Waals surface area contributed by atoms with E-state index in [0.29, 0.717) is 10.6 Å². The van der Waals surface area contributed by atoms with Gasteiger partial charge in [0.25, 0.3) is 0 Å². The average Bonchev–Trinajstić information content (AvgIpc) is 2.39. The molecule has 0 fully saturated rings. The van der Waals surface area contributed by atoms with E-state index < -0.39 is 18.0 Å². The van der Waals surface area contributed by atoms with Crippen LogP contribution in [0.3, 0.4) is 0 Å². The number of hydrogen-bond donors (Lipinski definition) is 0. The summed E-state index contributed by atoms with van der Waals surface area (Å²) in [5.41, 5.74) is -0.733. The van der Waals surface area contributed by atoms with E-state index in [1.165, 1.54) is 0 Å². The van der Waals surface area contributed by atoms with E-state index in [0.717, 1.165) is 0 Å². The lowest BCUT2D eigenvalue weighted by Crippen LogP contribution is -2.21. The number of nitriles is 2. The lowest BCUT2D eigenvalue weighted by molar-refractivity contribution is -0.136. The predicted octanol–water partition coefficient (Wildman–Crippen LogP) is 4.65. The van der Waals surface area contributed by atoms with Gasteiger partial charge in [0.15, 0.2) is 0 Å². The summed E-state index contributed by atoms with van der Waals surface area (Å²) >= 11 is 5.73. The molecule has 1 aromatic carbocycles. The Morgan fingerprint density at radius 3 is 2.00 bits per heavy atom. The van der Waals surface area contributed by atoms with E-state index in [-0.39, 0.29) is 19.3 Å². The van der Waals surface area contributed by atoms with Gasteiger partial charge in [-0.2, -0.15) is 23.7 Å². The molecule has 0 aliphatic heterocycles. The third kappa shape index (κ3) is 5.11. The summed E-state index contributed by atoms with van der Waals surface area (Å²) < 4.78 is 36.4. The number of benzene rings is 1. The van der Waals surface area contributed by atoms with Gasteiger partial charge in [-0.05, 0) is 30.5 Å². The van der Waals surface area contributed by atoms with Gasteiger partial charge in [-0.15, -0.1) is 0 Å². The zero-order valence-corrected chi connectivity index (χ0v) is 11.3. The van der Waals surface area contributed by atoms with Gasteiger partial charge in [0, 0.05) is 17.9 Å². The Bertz CT molecular complexity index is 509. The van der Waals surface area contributed by atoms with Crippen LogP contribution in [0.25, 0.3) is 0 Å². The molecule has 20 heavy (non-hydrogen) atoms. The third-order valence-corrected chi connectivity index (χ3v) is 3.16. The Kier molecular flexibility index (Phi) is 5.42. The average molecular weight is 301 g/mol. The number of nitrogens with zero attached hydrogens (tertiary/aromatic N) is 2. The molecule has 6 heteroatoms. The van der Waals surface area contributed by atoms with Crippen LogP contribution < -0.4 is 0 Å². The van der Waals surface area contributed by atoms with Crippen molar-refractivity contribution in [2.45, 2.75) is 31.9 Å². The molecule has 0 heterocycles. The molecule has 0 aliphatic rings. The van der Waals surface area contributed by atoms with Crippen molar-refractivity contribution in [3.8, 4) is 12.1 Å². The van der Waals surface area contributed by atoms with Gasteiger partial charge in [-0.3, -0.25) is 0 Å². The highest BCUT2D eigenvalue weighted by molar-refractivity contribution is 6.30. The Hall–Kier alpha value is -1.72. The second kappa shape index (κ2) is 6.63. The van der Waals surface area contributed by atoms with Crippen LogP contribution in [0.5, 0.6) is 0 Å². The van der Waals surface area contributed by atoms with Gasteiger partial charge in [-0.25, -0.2) is 0 Å². The molecule has 0 saturated heterocycles. The van der Waals surface area contributed by atoms with Gasteiger partial charge in [-0.1, -0.05) is 23.7 Å². The fourth-order valence-corrected chi connectivity index (χ4v) is 1.97. The summed E-state index contributed by atoms with van der Waals surface area (Å²) in [5, 5.41) is 18.8. The Morgan fingerprint density at radius 1 is 1.00 bits per heavy atom. The first kappa shape index (κ1) is 16.3. The summed E-state index contributed by atoms with van der Waals surface area (Å²) in [6.07, 6.45) is -5.51. The van der Waals surface area contributed by atoms with E-state index in [4.69, 9.17) is 22.1 Å². The maximum Gasteiger partial charge on any atom is 0.389 e. The van der Waals surface area contributed by atoms with Crippen LogP contribution in [0.1, 0.15) is 24.8 Å². The highest BCUT2D eigenvalue weighted by atomic mass is 35.5. The maximum atomic E-state index is 12.1. The normalized spacial score (nSPS) is 11.7. The van der Waals surface area contributed by atoms with Crippen molar-refractivity contribution in [1.82, 2.24) is 0 Å². The maximum absolute atomic E-state index is 12.1. The predicted molar refractivity (Wildman–Crippen MR) is 68.7 cm³/mol. The molecule has 1 aromatic rings. The number of hydrogen-bond acceptors (Lipinski definition) is 2. The molecule has 0 radical (unpaired) electrons. The van der Waals surface area contributed by atoms with Crippen molar-refractivity contribution in [1.29, 1.82) is 10.5 Å². The SMILES string of the molecule is N#CC(C#N)(CCCC(F)(F)F)Cc1ccc(Cl)cc1. The molecule has 1 rings (SSSR count). The van der Waals surface area contributed by atoms with Crippen LogP contribution in [0.2, 0.25) is 5.02 Å². The van der Waals surface area contributed by atoms with Crippen LogP contribution in [0.15, 0.2) is 24.3 Å². The minimum atomic E-state index is -4.27. The minimum Gasteiger partial charge on any atom is -0.197 e. The van der Waals surface area contributed by atoms with Gasteiger partial charge in [0.2, 0.25) is 0 Å². The molecule has 0 aliphatic carbocycles. The Morgan fingerprint density at radius 2 is 1.55 bits per heavy atom. The molecule has 0 bridgehead atoms. The molecule has 0 spiro atoms. The van der Waals surface area contributed by atoms with Crippen LogP contribution in [0.4, 0.5) is 13.2 Å². The fourth-order valence-electron chi connectivity index (χ4n) is 1.85. The highest BCUT2D eigenvalue weighted by Gasteiger charge is 2.33. The largest absolute Gasteiger partial charge is 0.389 e. The molecule has 0 saturated carbocycles. The second-order valence-corrected chi connectivity index (χ2v) is 5.01. The third-order valence-electron chi connectivity index (χ3n) is 2.91. The van der Waals surface area contributed by atoms with Crippen LogP contribution in [-0.2, 0) is 6.42 Å². The first-order chi connectivity index (χ1) is 9.30. The molecule has 0 amide bonds. The van der Waals surface area contributed by atoms with E-state index in [1.54, 1.807) is 24.3 Å². The van der Waals surface area contributed by atoms with Crippen molar-refractivity contribution in [2.75, 3.05) is 0 Å². The first-order valence-corrected chi connectivity index (χ1v) is 6.32. The minimum absolute atomic E-state index is 0.0923. The van der Waals surface area contributed by atoms with E-state index in [2.05, 4.69) is 0 Å². The van der Waals surface area contributed by atoms with Crippen molar-refractivity contribution in [3.05, 3.63) is 34.9 Å². The smallest absolute Gasteiger partial charge is 0.197 e. The highest BCUT2D eigenvalue weighted by Crippen LogP contribution is 2.31. The first-order valence-electron chi connectivity index (χ1n) is 5.94. The zero-order chi connectivity index (χ0) is 15.2. The lowest BCUT2D eigenvalue weighted by atomic mass is 9.80. The van der Waals surface area contributed by atoms with Crippen LogP contribution in [-0.4, -0.2) is 6.18 Å². The summed E-state index contributed by atoms with van der Waals surface area (Å²) in [5.74, 6) is 0. The summed E-state index contributed by atoms with van der Waals surface area (Å²) in [7, 11) is 0. The van der Waals surface area contributed by atoms with E-state index in [9.17, 15) is 13.2 Å². The molecule has 2 nitrogen and oxygen atoms in total. The van der Waals surface area contributed by atoms with Crippen molar-refractivity contribution in [2.24, 2.45) is 5.41 Å². The number of rotatable bonds is 5. The lowest BCUT2D eigenvalue weighted by Gasteiger charge is -2.19. The fraction of sp³-hybridized carbons (Fsp3) is 0.429. The molecular formula is C14H12ClF3N2. The summed E-state index contributed by atoms with van der Waals surface area (Å²) in [6, 6.07) is 10.3. The topological polar surface area (TPSA) is 47.6 Å². The summed E-state index contributed by atoms with van der Waals surface area (Å²) in [6.45, 7) is 0. The molecular weight excluding hydrogens is 289 g/mol. The molecule has 0 unspecified atom stereocenters. The number of alkyl halides is 3. The second-order valence-electron chi connectivity index (χ2n) is 4.58. The van der Waals surface area contributed by atoms with Gasteiger partial charge >= 0.3 is 6.18 Å². The standard InChI is InChI=1S/C14H12ClF3N2/c15-12-4-2-11(3-5-12)8-13(9-19,10-20)6-1-7-14(16,17)18/h2-5H,1,6-8H2. The Balaban J connectivity index is 2.75. The van der Waals surface area contributed by atoms with Gasteiger partial charge < -0.3 is 0 Å². The van der Waals surface area contributed by atoms with Gasteiger partial charge in [0.1, 0.15) is 5.41 Å². The van der Waals surface area contributed by atoms with Crippen molar-refractivity contribution in [3.63, 3.8) is 0 Å². The van der Waals surface area contributed by atoms with E-state index >= 15 is 0 Å². The Labute approximate surface area is 120 Å². The van der Waals surface area contributed by atoms with Crippen molar-refractivity contribution < 1.29 is 13.2 Å². The van der Waals surface area contributed by atoms with E-state index in [1.807, 2.05) is 12.1 Å². The van der Waals surface area contributed by atoms with Crippen molar-refractivity contribution >= 4 is 11.6 Å².